The van der Waals surface area contributed by atoms with Crippen LogP contribution in [0.25, 0.3) is 10.8 Å². The predicted octanol–water partition coefficient (Wildman–Crippen LogP) is 1.35. The lowest BCUT2D eigenvalue weighted by Gasteiger charge is -2.47. The molecule has 2 aromatic carbocycles. The van der Waals surface area contributed by atoms with Crippen LogP contribution in [0.5, 0.6) is 0 Å². The smallest absolute Gasteiger partial charge is 0.254 e. The molecule has 2 fully saturated rings. The Hall–Kier alpha value is -2.89. The summed E-state index contributed by atoms with van der Waals surface area (Å²) in [5.41, 5.74) is 0.632. The van der Waals surface area contributed by atoms with E-state index in [1.54, 1.807) is 23.8 Å². The molecular formula is C20H21N3O3. The molecule has 26 heavy (non-hydrogen) atoms. The Bertz CT molecular complexity index is 905. The van der Waals surface area contributed by atoms with Crippen LogP contribution in [0.3, 0.4) is 0 Å². The zero-order valence-corrected chi connectivity index (χ0v) is 14.9. The molecule has 0 aliphatic carbocycles. The van der Waals surface area contributed by atoms with E-state index in [0.717, 1.165) is 10.8 Å². The van der Waals surface area contributed by atoms with Crippen LogP contribution >= 0.6 is 0 Å². The molecule has 2 aromatic rings. The van der Waals surface area contributed by atoms with Gasteiger partial charge in [-0.3, -0.25) is 14.4 Å². The molecule has 6 nitrogen and oxygen atoms in total. The highest BCUT2D eigenvalue weighted by atomic mass is 16.2. The third-order valence-corrected chi connectivity index (χ3v) is 5.54. The molecule has 2 aliphatic heterocycles. The van der Waals surface area contributed by atoms with Gasteiger partial charge in [-0.25, -0.2) is 0 Å². The van der Waals surface area contributed by atoms with Gasteiger partial charge in [0.1, 0.15) is 12.1 Å². The minimum absolute atomic E-state index is 0.0469. The number of amides is 3. The Morgan fingerprint density at radius 2 is 1.73 bits per heavy atom. The second-order valence-corrected chi connectivity index (χ2v) is 6.95. The number of rotatable bonds is 1. The number of benzene rings is 2. The third kappa shape index (κ3) is 2.44. The van der Waals surface area contributed by atoms with Gasteiger partial charge in [0, 0.05) is 25.7 Å². The summed E-state index contributed by atoms with van der Waals surface area (Å²) in [6, 6.07) is 12.4. The molecule has 0 N–H and O–H groups in total. The van der Waals surface area contributed by atoms with Crippen LogP contribution in [-0.2, 0) is 9.59 Å². The summed E-state index contributed by atoms with van der Waals surface area (Å²) in [6.07, 6.45) is 0. The fourth-order valence-corrected chi connectivity index (χ4v) is 3.86. The van der Waals surface area contributed by atoms with Gasteiger partial charge < -0.3 is 14.7 Å². The van der Waals surface area contributed by atoms with Crippen molar-refractivity contribution in [2.45, 2.75) is 19.0 Å². The number of piperazine rings is 2. The van der Waals surface area contributed by atoms with Crippen molar-refractivity contribution in [2.24, 2.45) is 0 Å². The van der Waals surface area contributed by atoms with Crippen LogP contribution in [0.15, 0.2) is 42.5 Å². The first-order valence-electron chi connectivity index (χ1n) is 8.83. The molecule has 2 aliphatic rings. The van der Waals surface area contributed by atoms with E-state index >= 15 is 0 Å². The van der Waals surface area contributed by atoms with Gasteiger partial charge in [0.2, 0.25) is 11.8 Å². The third-order valence-electron chi connectivity index (χ3n) is 5.54. The lowest BCUT2D eigenvalue weighted by molar-refractivity contribution is -0.162. The summed E-state index contributed by atoms with van der Waals surface area (Å²) in [4.78, 5) is 43.0. The lowest BCUT2D eigenvalue weighted by Crippen LogP contribution is -2.69. The summed E-state index contributed by atoms with van der Waals surface area (Å²) in [5.74, 6) is -0.246. The monoisotopic (exact) mass is 351 g/mol. The Balaban J connectivity index is 1.63. The Morgan fingerprint density at radius 3 is 2.54 bits per heavy atom. The van der Waals surface area contributed by atoms with Crippen molar-refractivity contribution in [2.75, 3.05) is 26.7 Å². The van der Waals surface area contributed by atoms with Gasteiger partial charge >= 0.3 is 0 Å². The molecular weight excluding hydrogens is 330 g/mol. The maximum Gasteiger partial charge on any atom is 0.254 e. The van der Waals surface area contributed by atoms with Gasteiger partial charge in [-0.2, -0.15) is 0 Å². The summed E-state index contributed by atoms with van der Waals surface area (Å²) in [5, 5.41) is 1.91. The molecule has 2 atom stereocenters. The number of nitrogens with zero attached hydrogens (tertiary/aromatic N) is 3. The summed E-state index contributed by atoms with van der Waals surface area (Å²) in [7, 11) is 1.65. The van der Waals surface area contributed by atoms with Crippen LogP contribution in [0, 0.1) is 0 Å². The molecule has 0 aromatic heterocycles. The van der Waals surface area contributed by atoms with Crippen molar-refractivity contribution in [1.82, 2.24) is 14.7 Å². The Morgan fingerprint density at radius 1 is 1.00 bits per heavy atom. The van der Waals surface area contributed by atoms with Crippen molar-refractivity contribution >= 4 is 28.5 Å². The maximum absolute atomic E-state index is 13.1. The number of hydrogen-bond donors (Lipinski definition) is 0. The van der Waals surface area contributed by atoms with E-state index in [9.17, 15) is 14.4 Å². The molecule has 0 radical (unpaired) electrons. The zero-order chi connectivity index (χ0) is 18.4. The number of fused-ring (bicyclic) bond motifs is 2. The molecule has 6 heteroatoms. The molecule has 4 rings (SSSR count). The summed E-state index contributed by atoms with van der Waals surface area (Å²) < 4.78 is 0. The van der Waals surface area contributed by atoms with Crippen LogP contribution < -0.4 is 0 Å². The first kappa shape index (κ1) is 16.6. The summed E-state index contributed by atoms with van der Waals surface area (Å²) >= 11 is 0. The minimum atomic E-state index is -0.587. The van der Waals surface area contributed by atoms with Crippen molar-refractivity contribution < 1.29 is 14.4 Å². The fourth-order valence-electron chi connectivity index (χ4n) is 3.86. The predicted molar refractivity (Wildman–Crippen MR) is 97.6 cm³/mol. The average Bonchev–Trinajstić information content (AvgIpc) is 2.69. The second-order valence-electron chi connectivity index (χ2n) is 6.95. The molecule has 0 unspecified atom stereocenters. The highest BCUT2D eigenvalue weighted by molar-refractivity contribution is 6.07. The van der Waals surface area contributed by atoms with Gasteiger partial charge in [0.25, 0.3) is 5.91 Å². The minimum Gasteiger partial charge on any atom is -0.334 e. The molecule has 134 valence electrons. The molecule has 3 amide bonds. The molecule has 0 spiro atoms. The van der Waals surface area contributed by atoms with Crippen LogP contribution in [0.1, 0.15) is 17.3 Å². The van der Waals surface area contributed by atoms with Gasteiger partial charge in [-0.1, -0.05) is 36.4 Å². The standard InChI is InChI=1S/C20H21N3O3/c1-13-18(24)23-11-10-22(12-17(23)20(26)21(13)2)19(25)16-9-5-7-14-6-3-4-8-15(14)16/h3-9,13,17H,10-12H2,1-2H3/t13-,17+/m0/s1. The molecule has 2 heterocycles. The Kier molecular flexibility index (Phi) is 3.90. The molecule has 0 saturated carbocycles. The first-order chi connectivity index (χ1) is 12.5. The van der Waals surface area contributed by atoms with Crippen LogP contribution in [0.2, 0.25) is 0 Å². The summed E-state index contributed by atoms with van der Waals surface area (Å²) in [6.45, 7) is 2.81. The van der Waals surface area contributed by atoms with Crippen molar-refractivity contribution in [3.63, 3.8) is 0 Å². The van der Waals surface area contributed by atoms with E-state index < -0.39 is 12.1 Å². The highest BCUT2D eigenvalue weighted by Gasteiger charge is 2.45. The van der Waals surface area contributed by atoms with Gasteiger partial charge in [0.15, 0.2) is 0 Å². The quantitative estimate of drug-likeness (QED) is 0.779. The van der Waals surface area contributed by atoms with E-state index in [1.807, 2.05) is 42.5 Å². The van der Waals surface area contributed by atoms with Gasteiger partial charge in [-0.05, 0) is 23.8 Å². The maximum atomic E-state index is 13.1. The van der Waals surface area contributed by atoms with E-state index in [4.69, 9.17) is 0 Å². The first-order valence-corrected chi connectivity index (χ1v) is 8.83. The van der Waals surface area contributed by atoms with Gasteiger partial charge in [-0.15, -0.1) is 0 Å². The zero-order valence-electron chi connectivity index (χ0n) is 14.9. The van der Waals surface area contributed by atoms with Gasteiger partial charge in [0.05, 0.1) is 6.54 Å². The normalized spacial score (nSPS) is 23.4. The number of likely N-dealkylation sites (N-methyl/N-ethyl adjacent to an activating group) is 1. The van der Waals surface area contributed by atoms with Crippen molar-refractivity contribution in [3.8, 4) is 0 Å². The van der Waals surface area contributed by atoms with Crippen LogP contribution in [0.4, 0.5) is 0 Å². The SMILES string of the molecule is C[C@H]1C(=O)N2CCN(C(=O)c3cccc4ccccc34)C[C@@H]2C(=O)N1C. The molecule has 0 bridgehead atoms. The highest BCUT2D eigenvalue weighted by Crippen LogP contribution is 2.24. The number of carbonyl (C=O) groups is 3. The molecule has 2 saturated heterocycles. The van der Waals surface area contributed by atoms with E-state index in [-0.39, 0.29) is 24.3 Å². The average molecular weight is 351 g/mol. The Labute approximate surface area is 152 Å². The van der Waals surface area contributed by atoms with E-state index in [0.29, 0.717) is 18.7 Å². The van der Waals surface area contributed by atoms with E-state index in [2.05, 4.69) is 0 Å². The topological polar surface area (TPSA) is 60.9 Å². The van der Waals surface area contributed by atoms with Crippen molar-refractivity contribution in [3.05, 3.63) is 48.0 Å². The fraction of sp³-hybridized carbons (Fsp3) is 0.350. The second kappa shape index (κ2) is 6.12. The van der Waals surface area contributed by atoms with Crippen LogP contribution in [-0.4, -0.2) is 71.2 Å². The largest absolute Gasteiger partial charge is 0.334 e. The number of carbonyl (C=O) groups excluding carboxylic acids is 3. The number of hydrogen-bond acceptors (Lipinski definition) is 3. The lowest BCUT2D eigenvalue weighted by atomic mass is 10.0. The van der Waals surface area contributed by atoms with Crippen molar-refractivity contribution in [1.29, 1.82) is 0 Å². The van der Waals surface area contributed by atoms with E-state index in [1.165, 1.54) is 4.90 Å².